The molecule has 208 valence electrons. The van der Waals surface area contributed by atoms with Crippen LogP contribution in [0.2, 0.25) is 0 Å². The van der Waals surface area contributed by atoms with E-state index in [1.165, 1.54) is 13.8 Å². The van der Waals surface area contributed by atoms with Crippen molar-refractivity contribution < 1.29 is 54.6 Å². The Labute approximate surface area is 251 Å². The summed E-state index contributed by atoms with van der Waals surface area (Å²) in [5, 5.41) is 63.1. The van der Waals surface area contributed by atoms with Crippen LogP contribution in [-0.2, 0) is 23.9 Å². The van der Waals surface area contributed by atoms with Crippen LogP contribution in [0.5, 0.6) is 0 Å². The highest BCUT2D eigenvalue weighted by atomic mass is 127. The Morgan fingerprint density at radius 2 is 1.05 bits per heavy atom. The quantitative estimate of drug-likeness (QED) is 0.0932. The molecule has 0 saturated carbocycles. The summed E-state index contributed by atoms with van der Waals surface area (Å²) in [4.78, 5) is 49.7. The Hall–Kier alpha value is -0.950. The normalized spacial score (nSPS) is 17.0. The molecule has 0 aliphatic heterocycles. The van der Waals surface area contributed by atoms with E-state index in [2.05, 4.69) is 10.6 Å². The van der Waals surface area contributed by atoms with Crippen molar-refractivity contribution in [2.24, 2.45) is 5.73 Å². The molecule has 1 aromatic carbocycles. The van der Waals surface area contributed by atoms with Crippen LogP contribution in [0.3, 0.4) is 0 Å². The van der Waals surface area contributed by atoms with Gasteiger partial charge < -0.3 is 51.7 Å². The number of esters is 1. The van der Waals surface area contributed by atoms with Crippen molar-refractivity contribution in [2.45, 2.75) is 63.5 Å². The number of benzene rings is 1. The van der Waals surface area contributed by atoms with E-state index in [-0.39, 0.29) is 27.6 Å². The molecule has 0 saturated heterocycles. The van der Waals surface area contributed by atoms with Crippen molar-refractivity contribution in [3.63, 3.8) is 0 Å². The molecule has 1 aromatic rings. The van der Waals surface area contributed by atoms with E-state index >= 15 is 0 Å². The van der Waals surface area contributed by atoms with Gasteiger partial charge in [-0.25, -0.2) is 4.79 Å². The lowest BCUT2D eigenvalue weighted by Crippen LogP contribution is -2.39. The predicted molar refractivity (Wildman–Crippen MR) is 153 cm³/mol. The highest BCUT2D eigenvalue weighted by molar-refractivity contribution is 14.1. The van der Waals surface area contributed by atoms with E-state index in [1.54, 1.807) is 67.8 Å². The molecule has 1 rings (SSSR count). The standard InChI is InChI=1S/C20H26I3N3O11/c1-4(27)13(30)18(34)25-11-8(21)7(16(17(24)33)37-20(36)15(32)6(3)29)9(22)12(10(11)23)26-19(35)14(31)5(2)28/h4-6,13-16,27-32H,1-3H3,(H2,24,33)(H,25,34)(H,26,35). The van der Waals surface area contributed by atoms with Gasteiger partial charge >= 0.3 is 5.97 Å². The molecule has 37 heavy (non-hydrogen) atoms. The monoisotopic (exact) mass is 865 g/mol. The Kier molecular flexibility index (Phi) is 13.3. The zero-order chi connectivity index (χ0) is 28.9. The van der Waals surface area contributed by atoms with Crippen LogP contribution in [0, 0.1) is 10.7 Å². The van der Waals surface area contributed by atoms with Gasteiger partial charge in [-0.3, -0.25) is 14.4 Å². The number of nitrogens with two attached hydrogens (primary N) is 1. The number of carbonyl (C=O) groups excluding carboxylic acids is 4. The summed E-state index contributed by atoms with van der Waals surface area (Å²) in [7, 11) is 0. The molecule has 17 heteroatoms. The van der Waals surface area contributed by atoms with Gasteiger partial charge in [-0.1, -0.05) is 0 Å². The number of primary amides is 1. The van der Waals surface area contributed by atoms with Crippen molar-refractivity contribution in [3.05, 3.63) is 16.3 Å². The van der Waals surface area contributed by atoms with E-state index in [0.29, 0.717) is 0 Å². The average Bonchev–Trinajstić information content (AvgIpc) is 2.81. The molecule has 0 aromatic heterocycles. The second kappa shape index (κ2) is 14.4. The average molecular weight is 865 g/mol. The van der Waals surface area contributed by atoms with Crippen molar-refractivity contribution in [1.29, 1.82) is 0 Å². The molecule has 7 atom stereocenters. The Morgan fingerprint density at radius 3 is 1.35 bits per heavy atom. The molecule has 0 radical (unpaired) electrons. The van der Waals surface area contributed by atoms with E-state index in [4.69, 9.17) is 10.5 Å². The van der Waals surface area contributed by atoms with E-state index in [1.807, 2.05) is 0 Å². The van der Waals surface area contributed by atoms with Crippen LogP contribution < -0.4 is 16.4 Å². The summed E-state index contributed by atoms with van der Waals surface area (Å²) in [6.45, 7) is 3.43. The van der Waals surface area contributed by atoms with Gasteiger partial charge in [0, 0.05) is 12.7 Å². The SMILES string of the molecule is CC(O)C(O)C(=O)Nc1c(I)c(NC(=O)C(O)C(C)O)c(I)c(C(OC(=O)C(O)C(C)O)C(N)=O)c1I. The van der Waals surface area contributed by atoms with Crippen LogP contribution in [-0.4, -0.2) is 91.0 Å². The first-order valence-corrected chi connectivity index (χ1v) is 13.6. The number of anilines is 2. The van der Waals surface area contributed by atoms with Gasteiger partial charge in [-0.2, -0.15) is 0 Å². The molecule has 3 amide bonds. The fraction of sp³-hybridized carbons (Fsp3) is 0.500. The number of hydrogen-bond donors (Lipinski definition) is 9. The number of aliphatic hydroxyl groups excluding tert-OH is 6. The molecule has 7 unspecified atom stereocenters. The number of halogens is 3. The Balaban J connectivity index is 3.83. The lowest BCUT2D eigenvalue weighted by molar-refractivity contribution is -0.168. The molecular weight excluding hydrogens is 839 g/mol. The lowest BCUT2D eigenvalue weighted by atomic mass is 10.1. The molecule has 0 bridgehead atoms. The summed E-state index contributed by atoms with van der Waals surface area (Å²) in [5.74, 6) is -4.73. The fourth-order valence-corrected chi connectivity index (χ4v) is 6.88. The third-order valence-corrected chi connectivity index (χ3v) is 8.07. The number of amides is 3. The first-order chi connectivity index (χ1) is 16.9. The minimum Gasteiger partial charge on any atom is -0.445 e. The molecule has 0 fully saturated rings. The second-order valence-corrected chi connectivity index (χ2v) is 11.1. The molecule has 14 nitrogen and oxygen atoms in total. The summed E-state index contributed by atoms with van der Waals surface area (Å²) in [5.41, 5.74) is 5.12. The van der Waals surface area contributed by atoms with Crippen LogP contribution in [0.1, 0.15) is 32.4 Å². The third-order valence-electron chi connectivity index (χ3n) is 4.75. The molecule has 10 N–H and O–H groups in total. The minimum atomic E-state index is -2.03. The fourth-order valence-electron chi connectivity index (χ4n) is 2.61. The second-order valence-electron chi connectivity index (χ2n) is 7.86. The van der Waals surface area contributed by atoms with Crippen molar-refractivity contribution >= 4 is 103 Å². The number of ether oxygens (including phenoxy) is 1. The largest absolute Gasteiger partial charge is 0.445 e. The van der Waals surface area contributed by atoms with Crippen LogP contribution in [0.4, 0.5) is 11.4 Å². The van der Waals surface area contributed by atoms with E-state index < -0.39 is 66.4 Å². The molecule has 0 spiro atoms. The highest BCUT2D eigenvalue weighted by Gasteiger charge is 2.36. The van der Waals surface area contributed by atoms with Gasteiger partial charge in [0.05, 0.1) is 33.3 Å². The number of nitrogens with one attached hydrogen (secondary N) is 2. The van der Waals surface area contributed by atoms with Gasteiger partial charge in [0.1, 0.15) is 0 Å². The number of rotatable bonds is 11. The maximum absolute atomic E-state index is 12.5. The maximum Gasteiger partial charge on any atom is 0.338 e. The number of hydrogen-bond acceptors (Lipinski definition) is 11. The summed E-state index contributed by atoms with van der Waals surface area (Å²) >= 11 is 5.09. The van der Waals surface area contributed by atoms with Gasteiger partial charge in [-0.15, -0.1) is 0 Å². The predicted octanol–water partition coefficient (Wildman–Crippen LogP) is -1.33. The highest BCUT2D eigenvalue weighted by Crippen LogP contribution is 2.42. The smallest absolute Gasteiger partial charge is 0.338 e. The minimum absolute atomic E-state index is 0.0646. The lowest BCUT2D eigenvalue weighted by Gasteiger charge is -2.26. The van der Waals surface area contributed by atoms with Crippen molar-refractivity contribution in [2.75, 3.05) is 10.6 Å². The van der Waals surface area contributed by atoms with Gasteiger partial charge in [0.2, 0.25) is 6.10 Å². The third kappa shape index (κ3) is 8.52. The molecule has 0 aliphatic carbocycles. The summed E-state index contributed by atoms with van der Waals surface area (Å²) < 4.78 is 5.33. The summed E-state index contributed by atoms with van der Waals surface area (Å²) in [6.07, 6.45) is -12.1. The topological polar surface area (TPSA) is 249 Å². The van der Waals surface area contributed by atoms with Gasteiger partial charge in [0.25, 0.3) is 17.7 Å². The van der Waals surface area contributed by atoms with E-state index in [0.717, 1.165) is 6.92 Å². The zero-order valence-electron chi connectivity index (χ0n) is 19.5. The maximum atomic E-state index is 12.5. The van der Waals surface area contributed by atoms with Crippen LogP contribution >= 0.6 is 67.8 Å². The number of carbonyl (C=O) groups is 4. The van der Waals surface area contributed by atoms with Crippen LogP contribution in [0.15, 0.2) is 0 Å². The van der Waals surface area contributed by atoms with Crippen molar-refractivity contribution in [3.8, 4) is 0 Å². The van der Waals surface area contributed by atoms with Gasteiger partial charge in [-0.05, 0) is 88.5 Å². The number of aliphatic hydroxyl groups is 6. The zero-order valence-corrected chi connectivity index (χ0v) is 25.9. The first kappa shape index (κ1) is 34.1. The molecular formula is C20H26I3N3O11. The summed E-state index contributed by atoms with van der Waals surface area (Å²) in [6, 6.07) is 0. The van der Waals surface area contributed by atoms with Gasteiger partial charge in [0.15, 0.2) is 18.3 Å². The molecule has 0 aliphatic rings. The van der Waals surface area contributed by atoms with E-state index in [9.17, 15) is 49.8 Å². The van der Waals surface area contributed by atoms with Crippen molar-refractivity contribution in [1.82, 2.24) is 0 Å². The molecule has 0 heterocycles. The first-order valence-electron chi connectivity index (χ1n) is 10.3. The Morgan fingerprint density at radius 1 is 0.703 bits per heavy atom. The van der Waals surface area contributed by atoms with Crippen LogP contribution in [0.25, 0.3) is 0 Å². The Bertz CT molecular complexity index is 997.